The van der Waals surface area contributed by atoms with E-state index in [4.69, 9.17) is 0 Å². The first kappa shape index (κ1) is 17.2. The van der Waals surface area contributed by atoms with Gasteiger partial charge in [0.2, 0.25) is 0 Å². The fourth-order valence-corrected chi connectivity index (χ4v) is 2.87. The molecule has 0 aromatic rings. The molecule has 1 saturated carbocycles. The highest BCUT2D eigenvalue weighted by molar-refractivity contribution is 5.46. The van der Waals surface area contributed by atoms with E-state index in [1.807, 2.05) is 6.92 Å². The summed E-state index contributed by atoms with van der Waals surface area (Å²) in [5.41, 5.74) is -2.44. The Bertz CT molecular complexity index is 533. The number of alkyl halides is 4. The van der Waals surface area contributed by atoms with Crippen molar-refractivity contribution in [1.29, 1.82) is 0 Å². The summed E-state index contributed by atoms with van der Waals surface area (Å²) in [5, 5.41) is 0. The standard InChI is InChI=1S/C16H18F6/c1-9-3-6-11(7-4-9)13(17)14(18)12-8-5-10(2)15(19,20)16(12,21)22/h5,8-9,11H,3-4,6-7H2,1-2H3/b14-13+. The van der Waals surface area contributed by atoms with Gasteiger partial charge in [0.1, 0.15) is 5.83 Å². The van der Waals surface area contributed by atoms with Crippen LogP contribution < -0.4 is 0 Å². The molecular formula is C16H18F6. The molecule has 0 atom stereocenters. The van der Waals surface area contributed by atoms with Gasteiger partial charge in [-0.3, -0.25) is 0 Å². The summed E-state index contributed by atoms with van der Waals surface area (Å²) in [6, 6.07) is 0. The van der Waals surface area contributed by atoms with E-state index in [0.717, 1.165) is 6.92 Å². The summed E-state index contributed by atoms with van der Waals surface area (Å²) in [6.45, 7) is 2.81. The molecule has 2 aliphatic carbocycles. The quantitative estimate of drug-likeness (QED) is 0.537. The van der Waals surface area contributed by atoms with Gasteiger partial charge in [0.15, 0.2) is 5.83 Å². The van der Waals surface area contributed by atoms with E-state index in [-0.39, 0.29) is 0 Å². The summed E-state index contributed by atoms with van der Waals surface area (Å²) in [4.78, 5) is 0. The minimum Gasteiger partial charge on any atom is -0.208 e. The zero-order valence-electron chi connectivity index (χ0n) is 12.4. The van der Waals surface area contributed by atoms with Gasteiger partial charge in [0, 0.05) is 11.5 Å². The number of rotatable bonds is 2. The van der Waals surface area contributed by atoms with Gasteiger partial charge in [-0.2, -0.15) is 17.6 Å². The molecule has 0 saturated heterocycles. The Kier molecular flexibility index (Phi) is 4.51. The number of allylic oxidation sites excluding steroid dienone is 6. The van der Waals surface area contributed by atoms with Crippen molar-refractivity contribution in [3.8, 4) is 0 Å². The third-order valence-electron chi connectivity index (χ3n) is 4.55. The lowest BCUT2D eigenvalue weighted by molar-refractivity contribution is -0.162. The Balaban J connectivity index is 2.35. The molecule has 0 radical (unpaired) electrons. The number of hydrogen-bond acceptors (Lipinski definition) is 0. The van der Waals surface area contributed by atoms with Gasteiger partial charge in [0.05, 0.1) is 5.57 Å². The third kappa shape index (κ3) is 2.72. The van der Waals surface area contributed by atoms with E-state index in [2.05, 4.69) is 0 Å². The molecule has 124 valence electrons. The van der Waals surface area contributed by atoms with Crippen LogP contribution in [-0.4, -0.2) is 11.8 Å². The fourth-order valence-electron chi connectivity index (χ4n) is 2.87. The second-order valence-corrected chi connectivity index (χ2v) is 6.20. The van der Waals surface area contributed by atoms with Crippen molar-refractivity contribution in [3.63, 3.8) is 0 Å². The van der Waals surface area contributed by atoms with E-state index in [1.54, 1.807) is 0 Å². The summed E-state index contributed by atoms with van der Waals surface area (Å²) < 4.78 is 83.1. The van der Waals surface area contributed by atoms with Crippen LogP contribution >= 0.6 is 0 Å². The van der Waals surface area contributed by atoms with Crippen molar-refractivity contribution in [1.82, 2.24) is 0 Å². The molecule has 1 fully saturated rings. The fraction of sp³-hybridized carbons (Fsp3) is 0.625. The minimum absolute atomic E-state index is 0.338. The van der Waals surface area contributed by atoms with E-state index < -0.39 is 40.6 Å². The maximum atomic E-state index is 14.2. The van der Waals surface area contributed by atoms with Gasteiger partial charge in [0.25, 0.3) is 0 Å². The van der Waals surface area contributed by atoms with Gasteiger partial charge in [-0.25, -0.2) is 8.78 Å². The first-order valence-electron chi connectivity index (χ1n) is 7.29. The molecule has 0 unspecified atom stereocenters. The molecule has 6 heteroatoms. The second kappa shape index (κ2) is 5.78. The Morgan fingerprint density at radius 3 is 2.05 bits per heavy atom. The van der Waals surface area contributed by atoms with Crippen molar-refractivity contribution >= 4 is 0 Å². The van der Waals surface area contributed by atoms with Crippen LogP contribution in [0.15, 0.2) is 35.0 Å². The van der Waals surface area contributed by atoms with E-state index in [0.29, 0.717) is 43.8 Å². The highest BCUT2D eigenvalue weighted by Crippen LogP contribution is 2.50. The average molecular weight is 324 g/mol. The lowest BCUT2D eigenvalue weighted by Crippen LogP contribution is -2.45. The average Bonchev–Trinajstić information content (AvgIpc) is 2.45. The summed E-state index contributed by atoms with van der Waals surface area (Å²) in [6.07, 6.45) is 3.26. The minimum atomic E-state index is -4.75. The summed E-state index contributed by atoms with van der Waals surface area (Å²) in [5.74, 6) is -12.9. The van der Waals surface area contributed by atoms with Gasteiger partial charge >= 0.3 is 11.8 Å². The van der Waals surface area contributed by atoms with E-state index in [1.165, 1.54) is 0 Å². The van der Waals surface area contributed by atoms with Crippen LogP contribution in [0.4, 0.5) is 26.3 Å². The monoisotopic (exact) mass is 324 g/mol. The normalized spacial score (nSPS) is 32.0. The van der Waals surface area contributed by atoms with E-state index in [9.17, 15) is 26.3 Å². The molecule has 0 heterocycles. The van der Waals surface area contributed by atoms with Crippen LogP contribution in [0.1, 0.15) is 39.5 Å². The second-order valence-electron chi connectivity index (χ2n) is 6.20. The van der Waals surface area contributed by atoms with E-state index >= 15 is 0 Å². The van der Waals surface area contributed by atoms with Crippen LogP contribution in [0.5, 0.6) is 0 Å². The number of hydrogen-bond donors (Lipinski definition) is 0. The van der Waals surface area contributed by atoms with Gasteiger partial charge < -0.3 is 0 Å². The van der Waals surface area contributed by atoms with Crippen molar-refractivity contribution < 1.29 is 26.3 Å². The predicted molar refractivity (Wildman–Crippen MR) is 72.1 cm³/mol. The topological polar surface area (TPSA) is 0 Å². The van der Waals surface area contributed by atoms with Crippen LogP contribution in [0.3, 0.4) is 0 Å². The number of halogens is 6. The smallest absolute Gasteiger partial charge is 0.208 e. The van der Waals surface area contributed by atoms with Crippen molar-refractivity contribution in [2.45, 2.75) is 51.4 Å². The summed E-state index contributed by atoms with van der Waals surface area (Å²) in [7, 11) is 0. The molecule has 2 rings (SSSR count). The maximum absolute atomic E-state index is 14.2. The molecule has 22 heavy (non-hydrogen) atoms. The molecule has 0 aliphatic heterocycles. The molecule has 0 N–H and O–H groups in total. The van der Waals surface area contributed by atoms with Gasteiger partial charge in [-0.15, -0.1) is 0 Å². The molecule has 0 spiro atoms. The Morgan fingerprint density at radius 1 is 0.955 bits per heavy atom. The lowest BCUT2D eigenvalue weighted by atomic mass is 9.81. The first-order chi connectivity index (χ1) is 10.1. The Morgan fingerprint density at radius 2 is 1.50 bits per heavy atom. The molecule has 0 aromatic heterocycles. The Hall–Kier alpha value is -1.20. The molecule has 0 bridgehead atoms. The molecule has 0 aromatic carbocycles. The van der Waals surface area contributed by atoms with Crippen LogP contribution in [-0.2, 0) is 0 Å². The zero-order valence-corrected chi connectivity index (χ0v) is 12.4. The SMILES string of the molecule is CC1=CC=C(/C(F)=C(\F)C2CCC(C)CC2)C(F)(F)C1(F)F. The van der Waals surface area contributed by atoms with Gasteiger partial charge in [-0.1, -0.05) is 25.8 Å². The first-order valence-corrected chi connectivity index (χ1v) is 7.29. The molecular weight excluding hydrogens is 306 g/mol. The van der Waals surface area contributed by atoms with Gasteiger partial charge in [-0.05, 0) is 31.8 Å². The predicted octanol–water partition coefficient (Wildman–Crippen LogP) is 6.12. The third-order valence-corrected chi connectivity index (χ3v) is 4.55. The maximum Gasteiger partial charge on any atom is 0.342 e. The summed E-state index contributed by atoms with van der Waals surface area (Å²) >= 11 is 0. The van der Waals surface area contributed by atoms with Crippen LogP contribution in [0.2, 0.25) is 0 Å². The lowest BCUT2D eigenvalue weighted by Gasteiger charge is -2.32. The Labute approximate surface area is 125 Å². The molecule has 0 amide bonds. The van der Waals surface area contributed by atoms with Crippen molar-refractivity contribution in [2.75, 3.05) is 0 Å². The highest BCUT2D eigenvalue weighted by atomic mass is 19.3. The highest BCUT2D eigenvalue weighted by Gasteiger charge is 2.62. The zero-order chi connectivity index (χ0) is 16.7. The van der Waals surface area contributed by atoms with Crippen molar-refractivity contribution in [3.05, 3.63) is 35.0 Å². The molecule has 0 nitrogen and oxygen atoms in total. The molecule has 2 aliphatic rings. The van der Waals surface area contributed by atoms with Crippen LogP contribution in [0, 0.1) is 11.8 Å². The van der Waals surface area contributed by atoms with Crippen LogP contribution in [0.25, 0.3) is 0 Å². The largest absolute Gasteiger partial charge is 0.342 e. The van der Waals surface area contributed by atoms with Crippen molar-refractivity contribution in [2.24, 2.45) is 11.8 Å².